The molecular weight excluding hydrogens is 306 g/mol. The van der Waals surface area contributed by atoms with Crippen molar-refractivity contribution in [3.05, 3.63) is 0 Å². The average molecular weight is 324 g/mol. The highest BCUT2D eigenvalue weighted by Gasteiger charge is 2.58. The maximum atomic E-state index is 12.4. The molecule has 0 saturated carbocycles. The van der Waals surface area contributed by atoms with Crippen LogP contribution < -0.4 is 11.1 Å². The van der Waals surface area contributed by atoms with Gasteiger partial charge in [0.05, 0.1) is 11.6 Å². The van der Waals surface area contributed by atoms with Crippen LogP contribution in [0.2, 0.25) is 0 Å². The number of likely N-dealkylation sites (N-methyl/N-ethyl adjacent to an activating group) is 1. The molecule has 0 aliphatic heterocycles. The molecule has 0 rings (SSSR count). The van der Waals surface area contributed by atoms with Gasteiger partial charge in [-0.3, -0.25) is 4.79 Å². The van der Waals surface area contributed by atoms with Crippen LogP contribution in [0.4, 0.5) is 26.3 Å². The van der Waals surface area contributed by atoms with E-state index in [0.29, 0.717) is 0 Å². The highest BCUT2D eigenvalue weighted by Crippen LogP contribution is 2.37. The number of hydrogen-bond acceptors (Lipinski definition) is 3. The Kier molecular flexibility index (Phi) is 6.49. The number of ether oxygens (including phenoxy) is 1. The van der Waals surface area contributed by atoms with Gasteiger partial charge in [-0.05, 0) is 20.4 Å². The normalized spacial score (nSPS) is 17.6. The lowest BCUT2D eigenvalue weighted by Gasteiger charge is -2.32. The van der Waals surface area contributed by atoms with Crippen molar-refractivity contribution < 1.29 is 35.9 Å². The van der Waals surface area contributed by atoms with Gasteiger partial charge in [-0.2, -0.15) is 26.3 Å². The molecule has 0 spiro atoms. The van der Waals surface area contributed by atoms with Crippen molar-refractivity contribution in [2.75, 3.05) is 6.54 Å². The summed E-state index contributed by atoms with van der Waals surface area (Å²) < 4.78 is 78.3. The number of nitrogens with two attached hydrogens (primary N) is 1. The molecule has 0 heterocycles. The van der Waals surface area contributed by atoms with Crippen LogP contribution >= 0.6 is 0 Å². The number of halogens is 6. The molecule has 2 atom stereocenters. The Balaban J connectivity index is 5.01. The van der Waals surface area contributed by atoms with Crippen molar-refractivity contribution in [1.29, 1.82) is 0 Å². The molecule has 0 aliphatic rings. The van der Waals surface area contributed by atoms with Gasteiger partial charge in [0.25, 0.3) is 0 Å². The Bertz CT molecular complexity index is 344. The predicted octanol–water partition coefficient (Wildman–Crippen LogP) is 2.13. The van der Waals surface area contributed by atoms with Crippen LogP contribution in [0.5, 0.6) is 0 Å². The van der Waals surface area contributed by atoms with Gasteiger partial charge in [-0.15, -0.1) is 0 Å². The highest BCUT2D eigenvalue weighted by molar-refractivity contribution is 5.84. The van der Waals surface area contributed by atoms with E-state index in [1.54, 1.807) is 6.92 Å². The summed E-state index contributed by atoms with van der Waals surface area (Å²) in [5.41, 5.74) is 3.64. The second-order valence-corrected chi connectivity index (χ2v) is 4.84. The lowest BCUT2D eigenvalue weighted by atomic mass is 9.93. The van der Waals surface area contributed by atoms with Crippen LogP contribution in [0.1, 0.15) is 27.2 Å². The van der Waals surface area contributed by atoms with E-state index in [0.717, 1.165) is 6.92 Å². The summed E-state index contributed by atoms with van der Waals surface area (Å²) in [6.45, 7) is 4.17. The maximum absolute atomic E-state index is 12.4. The van der Waals surface area contributed by atoms with E-state index >= 15 is 0 Å². The topological polar surface area (TPSA) is 64.3 Å². The molecule has 0 aromatic carbocycles. The third kappa shape index (κ3) is 6.08. The molecule has 1 amide bonds. The van der Waals surface area contributed by atoms with Crippen LogP contribution in [-0.4, -0.2) is 42.6 Å². The van der Waals surface area contributed by atoms with Crippen LogP contribution in [0.3, 0.4) is 0 Å². The van der Waals surface area contributed by atoms with E-state index in [-0.39, 0.29) is 6.54 Å². The van der Waals surface area contributed by atoms with Gasteiger partial charge in [0.15, 0.2) is 0 Å². The number of amides is 1. The summed E-state index contributed by atoms with van der Waals surface area (Å²) in [5.74, 6) is -0.893. The van der Waals surface area contributed by atoms with Gasteiger partial charge in [-0.25, -0.2) is 0 Å². The summed E-state index contributed by atoms with van der Waals surface area (Å²) in [6.07, 6.45) is -17.0. The second kappa shape index (κ2) is 6.82. The summed E-state index contributed by atoms with van der Waals surface area (Å²) in [5, 5.41) is 2.62. The molecule has 0 aliphatic carbocycles. The van der Waals surface area contributed by atoms with Gasteiger partial charge in [-0.1, -0.05) is 6.92 Å². The molecule has 21 heavy (non-hydrogen) atoms. The molecule has 0 aromatic rings. The Morgan fingerprint density at radius 3 is 1.90 bits per heavy atom. The minimum absolute atomic E-state index is 0.258. The minimum Gasteiger partial charge on any atom is -0.368 e. The number of alkyl halides is 6. The zero-order valence-corrected chi connectivity index (χ0v) is 11.7. The zero-order valence-electron chi connectivity index (χ0n) is 11.7. The first-order chi connectivity index (χ1) is 9.24. The number of carbonyl (C=O) groups is 1. The van der Waals surface area contributed by atoms with Crippen molar-refractivity contribution in [3.63, 3.8) is 0 Å². The monoisotopic (exact) mass is 324 g/mol. The van der Waals surface area contributed by atoms with Crippen LogP contribution in [0, 0.1) is 0 Å². The van der Waals surface area contributed by atoms with Crippen LogP contribution in [0.15, 0.2) is 0 Å². The van der Waals surface area contributed by atoms with Crippen molar-refractivity contribution in [2.24, 2.45) is 5.73 Å². The Morgan fingerprint density at radius 1 is 1.19 bits per heavy atom. The molecule has 0 radical (unpaired) electrons. The van der Waals surface area contributed by atoms with Crippen molar-refractivity contribution in [2.45, 2.75) is 57.3 Å². The molecule has 4 nitrogen and oxygen atoms in total. The van der Waals surface area contributed by atoms with Crippen LogP contribution in [0.25, 0.3) is 0 Å². The fourth-order valence-electron chi connectivity index (χ4n) is 1.85. The van der Waals surface area contributed by atoms with Gasteiger partial charge < -0.3 is 15.8 Å². The van der Waals surface area contributed by atoms with E-state index in [9.17, 15) is 31.1 Å². The fourth-order valence-corrected chi connectivity index (χ4v) is 1.85. The lowest BCUT2D eigenvalue weighted by molar-refractivity contribution is -0.330. The molecule has 3 N–H and O–H groups in total. The first-order valence-corrected chi connectivity index (χ1v) is 6.08. The van der Waals surface area contributed by atoms with Gasteiger partial charge in [0.2, 0.25) is 12.0 Å². The summed E-state index contributed by atoms with van der Waals surface area (Å²) in [6, 6.07) is 0. The summed E-state index contributed by atoms with van der Waals surface area (Å²) in [7, 11) is 0. The van der Waals surface area contributed by atoms with Gasteiger partial charge in [0.1, 0.15) is 0 Å². The molecule has 0 bridgehead atoms. The van der Waals surface area contributed by atoms with E-state index < -0.39 is 42.4 Å². The molecule has 10 heteroatoms. The van der Waals surface area contributed by atoms with Gasteiger partial charge in [0, 0.05) is 6.42 Å². The third-order valence-electron chi connectivity index (χ3n) is 2.77. The molecule has 0 saturated heterocycles. The summed E-state index contributed by atoms with van der Waals surface area (Å²) in [4.78, 5) is 11.3. The van der Waals surface area contributed by atoms with Crippen molar-refractivity contribution in [1.82, 2.24) is 5.32 Å². The fraction of sp³-hybridized carbons (Fsp3) is 0.909. The molecule has 0 aromatic heterocycles. The molecule has 2 unspecified atom stereocenters. The second-order valence-electron chi connectivity index (χ2n) is 4.84. The van der Waals surface area contributed by atoms with E-state index in [2.05, 4.69) is 10.1 Å². The lowest BCUT2D eigenvalue weighted by Crippen LogP contribution is -2.55. The number of primary amides is 1. The first-order valence-electron chi connectivity index (χ1n) is 6.08. The minimum atomic E-state index is -5.59. The Labute approximate surface area is 118 Å². The van der Waals surface area contributed by atoms with Gasteiger partial charge >= 0.3 is 12.4 Å². The third-order valence-corrected chi connectivity index (χ3v) is 2.77. The largest absolute Gasteiger partial charge is 0.423 e. The summed E-state index contributed by atoms with van der Waals surface area (Å²) >= 11 is 0. The van der Waals surface area contributed by atoms with E-state index in [1.807, 2.05) is 0 Å². The molecule has 126 valence electrons. The van der Waals surface area contributed by atoms with Crippen molar-refractivity contribution >= 4 is 5.91 Å². The SMILES string of the molecule is CCNC(C)(CC(C)OC(C(F)(F)F)C(F)(F)F)C(N)=O. The number of hydrogen-bond donors (Lipinski definition) is 2. The quantitative estimate of drug-likeness (QED) is 0.705. The number of rotatable bonds is 7. The van der Waals surface area contributed by atoms with E-state index in [1.165, 1.54) is 6.92 Å². The first kappa shape index (κ1) is 20.0. The smallest absolute Gasteiger partial charge is 0.368 e. The van der Waals surface area contributed by atoms with Crippen molar-refractivity contribution in [3.8, 4) is 0 Å². The highest BCUT2D eigenvalue weighted by atomic mass is 19.4. The standard InChI is InChI=1S/C11H18F6N2O2/c1-4-19-9(3,8(18)20)5-6(2)21-7(10(12,13)14)11(15,16)17/h6-7,19H,4-5H2,1-3H3,(H2,18,20). The number of carbonyl (C=O) groups excluding carboxylic acids is 1. The molecular formula is C11H18F6N2O2. The predicted molar refractivity (Wildman–Crippen MR) is 62.3 cm³/mol. The van der Waals surface area contributed by atoms with Crippen LogP contribution in [-0.2, 0) is 9.53 Å². The maximum Gasteiger partial charge on any atom is 0.423 e. The molecule has 0 fully saturated rings. The average Bonchev–Trinajstić information content (AvgIpc) is 2.22. The van der Waals surface area contributed by atoms with E-state index in [4.69, 9.17) is 5.73 Å². The Hall–Kier alpha value is -1.03. The zero-order chi connectivity index (χ0) is 17.1. The number of nitrogens with one attached hydrogen (secondary N) is 1. The Morgan fingerprint density at radius 2 is 1.62 bits per heavy atom.